The van der Waals surface area contributed by atoms with E-state index in [0.29, 0.717) is 22.9 Å². The fourth-order valence-electron chi connectivity index (χ4n) is 1.52. The van der Waals surface area contributed by atoms with Crippen LogP contribution in [0, 0.1) is 10.1 Å². The van der Waals surface area contributed by atoms with Gasteiger partial charge in [0.1, 0.15) is 10.0 Å². The number of halogens is 1. The molecule has 19 heavy (non-hydrogen) atoms. The quantitative estimate of drug-likeness (QED) is 0.482. The minimum absolute atomic E-state index is 0.0888. The molecule has 8 heteroatoms. The Labute approximate surface area is 118 Å². The number of nitro benzene ring substituents is 1. The third-order valence-corrected chi connectivity index (χ3v) is 3.62. The van der Waals surface area contributed by atoms with Crippen molar-refractivity contribution in [3.05, 3.63) is 33.3 Å². The Balaban J connectivity index is 2.39. The van der Waals surface area contributed by atoms with E-state index in [-0.39, 0.29) is 11.4 Å². The molecular formula is C11H10ClN3O3S. The van der Waals surface area contributed by atoms with Crippen LogP contribution in [0.3, 0.4) is 0 Å². The van der Waals surface area contributed by atoms with Gasteiger partial charge in [-0.2, -0.15) is 0 Å². The molecule has 0 fully saturated rings. The number of aromatic nitrogens is 2. The van der Waals surface area contributed by atoms with Crippen LogP contribution in [0.1, 0.15) is 5.01 Å². The lowest BCUT2D eigenvalue weighted by molar-refractivity contribution is -0.385. The minimum Gasteiger partial charge on any atom is -0.490 e. The molecule has 0 saturated carbocycles. The molecule has 1 aromatic heterocycles. The second kappa shape index (κ2) is 5.94. The molecule has 0 aliphatic rings. The number of methoxy groups -OCH3 is 1. The standard InChI is InChI=1S/C11H10ClN3O3S/c1-18-9-3-2-7(6-8(9)15(16)17)11-14-13-10(19-11)4-5-12/h2-3,6H,4-5H2,1H3. The molecule has 2 aromatic rings. The van der Waals surface area contributed by atoms with E-state index >= 15 is 0 Å². The molecule has 2 rings (SSSR count). The molecule has 0 unspecified atom stereocenters. The van der Waals surface area contributed by atoms with Crippen molar-refractivity contribution in [1.29, 1.82) is 0 Å². The third-order valence-electron chi connectivity index (χ3n) is 2.40. The van der Waals surface area contributed by atoms with Crippen molar-refractivity contribution in [2.75, 3.05) is 13.0 Å². The Morgan fingerprint density at radius 2 is 2.26 bits per heavy atom. The Kier molecular flexibility index (Phi) is 4.28. The topological polar surface area (TPSA) is 78.2 Å². The van der Waals surface area contributed by atoms with Gasteiger partial charge in [-0.1, -0.05) is 11.3 Å². The molecule has 1 aromatic carbocycles. The molecule has 1 heterocycles. The first-order valence-corrected chi connectivity index (χ1v) is 6.72. The summed E-state index contributed by atoms with van der Waals surface area (Å²) in [7, 11) is 1.39. The normalized spacial score (nSPS) is 10.4. The lowest BCUT2D eigenvalue weighted by atomic mass is 10.2. The van der Waals surface area contributed by atoms with E-state index in [1.54, 1.807) is 12.1 Å². The first-order valence-electron chi connectivity index (χ1n) is 5.37. The van der Waals surface area contributed by atoms with Gasteiger partial charge in [0.25, 0.3) is 0 Å². The highest BCUT2D eigenvalue weighted by molar-refractivity contribution is 7.14. The van der Waals surface area contributed by atoms with E-state index in [9.17, 15) is 10.1 Å². The molecule has 0 radical (unpaired) electrons. The van der Waals surface area contributed by atoms with E-state index in [1.165, 1.54) is 24.5 Å². The molecule has 100 valence electrons. The van der Waals surface area contributed by atoms with Crippen molar-refractivity contribution in [3.63, 3.8) is 0 Å². The first-order chi connectivity index (χ1) is 9.15. The number of alkyl halides is 1. The van der Waals surface area contributed by atoms with Crippen molar-refractivity contribution < 1.29 is 9.66 Å². The van der Waals surface area contributed by atoms with Crippen LogP contribution in [0.4, 0.5) is 5.69 Å². The van der Waals surface area contributed by atoms with E-state index in [4.69, 9.17) is 16.3 Å². The Morgan fingerprint density at radius 1 is 1.47 bits per heavy atom. The fourth-order valence-corrected chi connectivity index (χ4v) is 2.64. The molecule has 0 N–H and O–H groups in total. The highest BCUT2D eigenvalue weighted by Crippen LogP contribution is 2.33. The number of hydrogen-bond acceptors (Lipinski definition) is 6. The zero-order valence-corrected chi connectivity index (χ0v) is 11.6. The summed E-state index contributed by atoms with van der Waals surface area (Å²) in [6.07, 6.45) is 0.636. The highest BCUT2D eigenvalue weighted by Gasteiger charge is 2.17. The molecular weight excluding hydrogens is 290 g/mol. The number of nitrogens with zero attached hydrogens (tertiary/aromatic N) is 3. The number of aryl methyl sites for hydroxylation is 1. The van der Waals surface area contributed by atoms with Gasteiger partial charge >= 0.3 is 5.69 Å². The van der Waals surface area contributed by atoms with Crippen molar-refractivity contribution in [3.8, 4) is 16.3 Å². The van der Waals surface area contributed by atoms with Gasteiger partial charge in [-0.05, 0) is 12.1 Å². The van der Waals surface area contributed by atoms with Gasteiger partial charge < -0.3 is 4.74 Å². The van der Waals surface area contributed by atoms with Crippen LogP contribution in [0.2, 0.25) is 0 Å². The maximum Gasteiger partial charge on any atom is 0.311 e. The molecule has 6 nitrogen and oxygen atoms in total. The molecule has 0 saturated heterocycles. The fraction of sp³-hybridized carbons (Fsp3) is 0.273. The average molecular weight is 300 g/mol. The van der Waals surface area contributed by atoms with Crippen LogP contribution >= 0.6 is 22.9 Å². The van der Waals surface area contributed by atoms with Gasteiger partial charge in [-0.3, -0.25) is 10.1 Å². The lowest BCUT2D eigenvalue weighted by Crippen LogP contribution is -1.94. The number of hydrogen-bond donors (Lipinski definition) is 0. The van der Waals surface area contributed by atoms with Crippen LogP contribution in [-0.2, 0) is 6.42 Å². The molecule has 0 atom stereocenters. The highest BCUT2D eigenvalue weighted by atomic mass is 35.5. The first kappa shape index (κ1) is 13.7. The monoisotopic (exact) mass is 299 g/mol. The van der Waals surface area contributed by atoms with Crippen molar-refractivity contribution in [1.82, 2.24) is 10.2 Å². The summed E-state index contributed by atoms with van der Waals surface area (Å²) in [5.41, 5.74) is 0.555. The predicted molar refractivity (Wildman–Crippen MR) is 73.0 cm³/mol. The van der Waals surface area contributed by atoms with Crippen LogP contribution in [-0.4, -0.2) is 28.1 Å². The minimum atomic E-state index is -0.483. The van der Waals surface area contributed by atoms with Crippen LogP contribution in [0.25, 0.3) is 10.6 Å². The summed E-state index contributed by atoms with van der Waals surface area (Å²) in [4.78, 5) is 10.5. The predicted octanol–water partition coefficient (Wildman–Crippen LogP) is 2.90. The molecule has 0 amide bonds. The van der Waals surface area contributed by atoms with E-state index < -0.39 is 4.92 Å². The van der Waals surface area contributed by atoms with Gasteiger partial charge in [0.15, 0.2) is 5.75 Å². The van der Waals surface area contributed by atoms with E-state index in [0.717, 1.165) is 5.01 Å². The van der Waals surface area contributed by atoms with E-state index in [2.05, 4.69) is 10.2 Å². The van der Waals surface area contributed by atoms with Crippen LogP contribution in [0.15, 0.2) is 18.2 Å². The molecule has 0 bridgehead atoms. The summed E-state index contributed by atoms with van der Waals surface area (Å²) in [5, 5.41) is 20.4. The third kappa shape index (κ3) is 2.99. The van der Waals surface area contributed by atoms with Crippen LogP contribution < -0.4 is 4.74 Å². The van der Waals surface area contributed by atoms with Crippen molar-refractivity contribution in [2.45, 2.75) is 6.42 Å². The molecule has 0 aliphatic carbocycles. The Morgan fingerprint density at radius 3 is 2.89 bits per heavy atom. The van der Waals surface area contributed by atoms with Gasteiger partial charge in [0.05, 0.1) is 12.0 Å². The smallest absolute Gasteiger partial charge is 0.311 e. The SMILES string of the molecule is COc1ccc(-c2nnc(CCCl)s2)cc1[N+](=O)[O-]. The number of ether oxygens (including phenoxy) is 1. The largest absolute Gasteiger partial charge is 0.490 e. The molecule has 0 spiro atoms. The number of benzene rings is 1. The summed E-state index contributed by atoms with van der Waals surface area (Å²) in [5.74, 6) is 0.691. The van der Waals surface area contributed by atoms with E-state index in [1.807, 2.05) is 0 Å². The second-order valence-corrected chi connectivity index (χ2v) is 5.02. The molecule has 0 aliphatic heterocycles. The van der Waals surface area contributed by atoms with Crippen LogP contribution in [0.5, 0.6) is 5.75 Å². The maximum atomic E-state index is 10.9. The second-order valence-electron chi connectivity index (χ2n) is 3.58. The average Bonchev–Trinajstić information content (AvgIpc) is 2.87. The Bertz CT molecular complexity index is 603. The summed E-state index contributed by atoms with van der Waals surface area (Å²) in [6.45, 7) is 0. The maximum absolute atomic E-state index is 10.9. The zero-order chi connectivity index (χ0) is 13.8. The van der Waals surface area contributed by atoms with Crippen molar-refractivity contribution in [2.24, 2.45) is 0 Å². The van der Waals surface area contributed by atoms with Gasteiger partial charge in [-0.15, -0.1) is 21.8 Å². The summed E-state index contributed by atoms with van der Waals surface area (Å²) >= 11 is 7.01. The number of nitro groups is 1. The van der Waals surface area contributed by atoms with Gasteiger partial charge in [0, 0.05) is 23.9 Å². The lowest BCUT2D eigenvalue weighted by Gasteiger charge is -2.02. The number of rotatable bonds is 5. The van der Waals surface area contributed by atoms with Gasteiger partial charge in [0.2, 0.25) is 0 Å². The Hall–Kier alpha value is -1.73. The van der Waals surface area contributed by atoms with Crippen molar-refractivity contribution >= 4 is 28.6 Å². The van der Waals surface area contributed by atoms with Gasteiger partial charge in [-0.25, -0.2) is 0 Å². The zero-order valence-electron chi connectivity index (χ0n) is 10.00. The summed E-state index contributed by atoms with van der Waals surface area (Å²) in [6, 6.07) is 4.71. The summed E-state index contributed by atoms with van der Waals surface area (Å²) < 4.78 is 4.95.